The molecule has 1 aromatic carbocycles. The Bertz CT molecular complexity index is 430. The predicted molar refractivity (Wildman–Crippen MR) is 71.7 cm³/mol. The molecule has 1 N–H and O–H groups in total. The predicted octanol–water partition coefficient (Wildman–Crippen LogP) is 3.37. The van der Waals surface area contributed by atoms with Crippen molar-refractivity contribution in [3.8, 4) is 0 Å². The Kier molecular flexibility index (Phi) is 4.60. The average Bonchev–Trinajstić information content (AvgIpc) is 2.88. The van der Waals surface area contributed by atoms with E-state index in [1.54, 1.807) is 23.9 Å². The van der Waals surface area contributed by atoms with Crippen molar-refractivity contribution >= 4 is 17.4 Å². The van der Waals surface area contributed by atoms with Crippen LogP contribution in [0.2, 0.25) is 0 Å². The maximum atomic E-state index is 10.7. The van der Waals surface area contributed by atoms with Gasteiger partial charge in [-0.15, -0.1) is 11.8 Å². The van der Waals surface area contributed by atoms with E-state index in [1.807, 2.05) is 0 Å². The standard InChI is InChI=1S/C13H17NO3S/c15-8-11-7-12(5-6-13(11)14(16)17)18-9-10-3-1-2-4-10/h5-7,10,15H,1-4,8-9H2. The number of nitro groups is 1. The third-order valence-electron chi connectivity index (χ3n) is 3.38. The largest absolute Gasteiger partial charge is 0.391 e. The maximum Gasteiger partial charge on any atom is 0.274 e. The van der Waals surface area contributed by atoms with Crippen LogP contribution in [0.25, 0.3) is 0 Å². The van der Waals surface area contributed by atoms with Crippen molar-refractivity contribution in [3.63, 3.8) is 0 Å². The molecule has 1 fully saturated rings. The summed E-state index contributed by atoms with van der Waals surface area (Å²) in [6, 6.07) is 5.00. The van der Waals surface area contributed by atoms with Gasteiger partial charge < -0.3 is 5.11 Å². The lowest BCUT2D eigenvalue weighted by molar-refractivity contribution is -0.385. The molecule has 1 saturated carbocycles. The molecule has 1 aliphatic rings. The van der Waals surface area contributed by atoms with Crippen LogP contribution in [0.3, 0.4) is 0 Å². The highest BCUT2D eigenvalue weighted by atomic mass is 32.2. The first-order chi connectivity index (χ1) is 8.70. The van der Waals surface area contributed by atoms with E-state index in [2.05, 4.69) is 0 Å². The number of nitrogens with zero attached hydrogens (tertiary/aromatic N) is 1. The first kappa shape index (κ1) is 13.4. The molecule has 5 heteroatoms. The molecule has 2 rings (SSSR count). The Morgan fingerprint density at radius 1 is 1.39 bits per heavy atom. The molecule has 0 aliphatic heterocycles. The second-order valence-electron chi connectivity index (χ2n) is 4.67. The molecule has 98 valence electrons. The van der Waals surface area contributed by atoms with E-state index in [-0.39, 0.29) is 12.3 Å². The Labute approximate surface area is 111 Å². The zero-order chi connectivity index (χ0) is 13.0. The van der Waals surface area contributed by atoms with Gasteiger partial charge in [0.15, 0.2) is 0 Å². The molecule has 0 unspecified atom stereocenters. The lowest BCUT2D eigenvalue weighted by Crippen LogP contribution is -1.98. The highest BCUT2D eigenvalue weighted by molar-refractivity contribution is 7.99. The Balaban J connectivity index is 2.02. The molecule has 18 heavy (non-hydrogen) atoms. The lowest BCUT2D eigenvalue weighted by atomic mass is 10.1. The lowest BCUT2D eigenvalue weighted by Gasteiger charge is -2.09. The molecule has 0 bridgehead atoms. The first-order valence-corrected chi connectivity index (χ1v) is 7.20. The number of hydrogen-bond donors (Lipinski definition) is 1. The summed E-state index contributed by atoms with van der Waals surface area (Å²) in [7, 11) is 0. The van der Waals surface area contributed by atoms with E-state index in [0.29, 0.717) is 5.56 Å². The van der Waals surface area contributed by atoms with E-state index < -0.39 is 4.92 Å². The Morgan fingerprint density at radius 3 is 2.72 bits per heavy atom. The summed E-state index contributed by atoms with van der Waals surface area (Å²) in [4.78, 5) is 11.3. The first-order valence-electron chi connectivity index (χ1n) is 6.21. The molecule has 0 spiro atoms. The van der Waals surface area contributed by atoms with Crippen LogP contribution in [0.1, 0.15) is 31.2 Å². The zero-order valence-corrected chi connectivity index (χ0v) is 11.0. The summed E-state index contributed by atoms with van der Waals surface area (Å²) >= 11 is 1.73. The van der Waals surface area contributed by atoms with E-state index in [4.69, 9.17) is 5.11 Å². The highest BCUT2D eigenvalue weighted by Gasteiger charge is 2.17. The number of rotatable bonds is 5. The van der Waals surface area contributed by atoms with E-state index >= 15 is 0 Å². The molecule has 0 amide bonds. The van der Waals surface area contributed by atoms with Gasteiger partial charge in [0.1, 0.15) is 0 Å². The minimum Gasteiger partial charge on any atom is -0.391 e. The van der Waals surface area contributed by atoms with Crippen LogP contribution in [0, 0.1) is 16.0 Å². The summed E-state index contributed by atoms with van der Waals surface area (Å²) in [6.07, 6.45) is 5.25. The summed E-state index contributed by atoms with van der Waals surface area (Å²) in [5.41, 5.74) is 0.402. The van der Waals surface area contributed by atoms with Crippen molar-refractivity contribution in [2.75, 3.05) is 5.75 Å². The third-order valence-corrected chi connectivity index (χ3v) is 4.60. The van der Waals surface area contributed by atoms with Crippen molar-refractivity contribution in [1.29, 1.82) is 0 Å². The van der Waals surface area contributed by atoms with Crippen LogP contribution < -0.4 is 0 Å². The fourth-order valence-corrected chi connectivity index (χ4v) is 3.50. The minimum absolute atomic E-state index is 0.00252. The summed E-state index contributed by atoms with van der Waals surface area (Å²) in [6.45, 7) is -0.284. The van der Waals surface area contributed by atoms with Gasteiger partial charge in [0.2, 0.25) is 0 Å². The van der Waals surface area contributed by atoms with E-state index in [9.17, 15) is 10.1 Å². The topological polar surface area (TPSA) is 63.4 Å². The molecule has 4 nitrogen and oxygen atoms in total. The van der Waals surface area contributed by atoms with E-state index in [0.717, 1.165) is 16.6 Å². The van der Waals surface area contributed by atoms with Crippen molar-refractivity contribution in [2.45, 2.75) is 37.2 Å². The monoisotopic (exact) mass is 267 g/mol. The molecule has 0 atom stereocenters. The van der Waals surface area contributed by atoms with Crippen molar-refractivity contribution in [2.24, 2.45) is 5.92 Å². The molecule has 0 radical (unpaired) electrons. The number of hydrogen-bond acceptors (Lipinski definition) is 4. The molecule has 1 aliphatic carbocycles. The van der Waals surface area contributed by atoms with Crippen LogP contribution in [0.5, 0.6) is 0 Å². The molecular weight excluding hydrogens is 250 g/mol. The Hall–Kier alpha value is -1.07. The van der Waals surface area contributed by atoms with Crippen molar-refractivity contribution in [1.82, 2.24) is 0 Å². The number of thioether (sulfide) groups is 1. The quantitative estimate of drug-likeness (QED) is 0.504. The SMILES string of the molecule is O=[N+]([O-])c1ccc(SCC2CCCC2)cc1CO. The summed E-state index contributed by atoms with van der Waals surface area (Å²) in [5.74, 6) is 1.85. The van der Waals surface area contributed by atoms with E-state index in [1.165, 1.54) is 31.7 Å². The molecular formula is C13H17NO3S. The fourth-order valence-electron chi connectivity index (χ4n) is 2.35. The van der Waals surface area contributed by atoms with Gasteiger partial charge in [-0.25, -0.2) is 0 Å². The van der Waals surface area contributed by atoms with Crippen LogP contribution >= 0.6 is 11.8 Å². The molecule has 1 aromatic rings. The van der Waals surface area contributed by atoms with Crippen LogP contribution in [0.15, 0.2) is 23.1 Å². The summed E-state index contributed by atoms with van der Waals surface area (Å²) in [5, 5.41) is 19.9. The minimum atomic E-state index is -0.447. The third kappa shape index (κ3) is 3.23. The second kappa shape index (κ2) is 6.20. The number of benzene rings is 1. The van der Waals surface area contributed by atoms with Gasteiger partial charge in [0.25, 0.3) is 5.69 Å². The molecule has 0 heterocycles. The van der Waals surface area contributed by atoms with Gasteiger partial charge in [-0.05, 0) is 30.9 Å². The number of aliphatic hydroxyl groups excluding tert-OH is 1. The number of nitro benzene ring substituents is 1. The van der Waals surface area contributed by atoms with Crippen LogP contribution in [-0.4, -0.2) is 15.8 Å². The zero-order valence-electron chi connectivity index (χ0n) is 10.2. The molecule has 0 aromatic heterocycles. The van der Waals surface area contributed by atoms with Gasteiger partial charge in [0, 0.05) is 16.7 Å². The molecule has 0 saturated heterocycles. The van der Waals surface area contributed by atoms with Crippen LogP contribution in [-0.2, 0) is 6.61 Å². The number of aliphatic hydroxyl groups is 1. The van der Waals surface area contributed by atoms with Gasteiger partial charge in [-0.1, -0.05) is 12.8 Å². The highest BCUT2D eigenvalue weighted by Crippen LogP contribution is 2.32. The van der Waals surface area contributed by atoms with Gasteiger partial charge in [-0.2, -0.15) is 0 Å². The van der Waals surface area contributed by atoms with Gasteiger partial charge in [-0.3, -0.25) is 10.1 Å². The fraction of sp³-hybridized carbons (Fsp3) is 0.538. The normalized spacial score (nSPS) is 16.1. The summed E-state index contributed by atoms with van der Waals surface area (Å²) < 4.78 is 0. The Morgan fingerprint density at radius 2 is 2.11 bits per heavy atom. The van der Waals surface area contributed by atoms with Crippen LogP contribution in [0.4, 0.5) is 5.69 Å². The average molecular weight is 267 g/mol. The van der Waals surface area contributed by atoms with Crippen molar-refractivity contribution < 1.29 is 10.0 Å². The van der Waals surface area contributed by atoms with Gasteiger partial charge in [0.05, 0.1) is 17.1 Å². The van der Waals surface area contributed by atoms with Crippen molar-refractivity contribution in [3.05, 3.63) is 33.9 Å². The maximum absolute atomic E-state index is 10.7. The van der Waals surface area contributed by atoms with Gasteiger partial charge >= 0.3 is 0 Å². The smallest absolute Gasteiger partial charge is 0.274 e. The second-order valence-corrected chi connectivity index (χ2v) is 5.76.